The van der Waals surface area contributed by atoms with E-state index in [0.717, 1.165) is 40.6 Å². The van der Waals surface area contributed by atoms with Gasteiger partial charge in [0.2, 0.25) is 0 Å². The molecule has 188 valence electrons. The van der Waals surface area contributed by atoms with Crippen LogP contribution < -0.4 is 4.90 Å². The van der Waals surface area contributed by atoms with Crippen molar-refractivity contribution in [2.45, 2.75) is 6.42 Å². The fourth-order valence-corrected chi connectivity index (χ4v) is 4.79. The minimum atomic E-state index is 0.214. The average molecular weight is 506 g/mol. The van der Waals surface area contributed by atoms with Gasteiger partial charge in [-0.3, -0.25) is 4.90 Å². The summed E-state index contributed by atoms with van der Waals surface area (Å²) in [5.41, 5.74) is 7.73. The fraction of sp³-hybridized carbons (Fsp3) is 0.0286. The van der Waals surface area contributed by atoms with Crippen LogP contribution in [0.5, 0.6) is 5.75 Å². The smallest absolute Gasteiger partial charge is 0.137 e. The summed E-state index contributed by atoms with van der Waals surface area (Å²) in [6.07, 6.45) is 2.60. The number of aromatic nitrogens is 2. The van der Waals surface area contributed by atoms with Crippen LogP contribution in [0.3, 0.4) is 0 Å². The molecule has 0 saturated heterocycles. The molecule has 6 aromatic rings. The number of nitrogens with zero attached hydrogens (tertiary/aromatic N) is 3. The largest absolute Gasteiger partial charge is 0.507 e. The predicted octanol–water partition coefficient (Wildman–Crippen LogP) is 8.58. The molecular formula is C35H27N3O. The SMILES string of the molecule is Oc1ccccc1-c1cccc(-c2ccc(Cc3ccccc3)c(N(c3ccccc3)c3ccccn3)c2)n1. The van der Waals surface area contributed by atoms with Crippen LogP contribution >= 0.6 is 0 Å². The first kappa shape index (κ1) is 24.1. The molecule has 0 unspecified atom stereocenters. The fourth-order valence-electron chi connectivity index (χ4n) is 4.79. The van der Waals surface area contributed by atoms with E-state index in [4.69, 9.17) is 9.97 Å². The molecule has 2 heterocycles. The molecule has 1 N–H and O–H groups in total. The number of rotatable bonds is 7. The highest BCUT2D eigenvalue weighted by molar-refractivity contribution is 5.81. The summed E-state index contributed by atoms with van der Waals surface area (Å²) >= 11 is 0. The Labute approximate surface area is 228 Å². The normalized spacial score (nSPS) is 10.8. The second-order valence-corrected chi connectivity index (χ2v) is 9.29. The summed E-state index contributed by atoms with van der Waals surface area (Å²) in [6.45, 7) is 0. The van der Waals surface area contributed by atoms with Crippen LogP contribution in [0.4, 0.5) is 17.2 Å². The van der Waals surface area contributed by atoms with Crippen molar-refractivity contribution < 1.29 is 5.11 Å². The number of hydrogen-bond acceptors (Lipinski definition) is 4. The molecule has 2 aromatic heterocycles. The molecule has 0 saturated carbocycles. The van der Waals surface area contributed by atoms with Crippen molar-refractivity contribution in [3.05, 3.63) is 157 Å². The minimum absolute atomic E-state index is 0.214. The Morgan fingerprint density at radius 3 is 2.10 bits per heavy atom. The molecule has 4 aromatic carbocycles. The van der Waals surface area contributed by atoms with E-state index in [-0.39, 0.29) is 5.75 Å². The van der Waals surface area contributed by atoms with Crippen LogP contribution in [0.1, 0.15) is 11.1 Å². The molecule has 0 aliphatic carbocycles. The first-order valence-corrected chi connectivity index (χ1v) is 12.9. The van der Waals surface area contributed by atoms with Gasteiger partial charge in [-0.2, -0.15) is 0 Å². The Hall–Kier alpha value is -5.22. The molecule has 0 bridgehead atoms. The number of aromatic hydroxyl groups is 1. The molecule has 4 nitrogen and oxygen atoms in total. The van der Waals surface area contributed by atoms with Crippen molar-refractivity contribution in [1.29, 1.82) is 0 Å². The lowest BCUT2D eigenvalue weighted by Gasteiger charge is -2.27. The van der Waals surface area contributed by atoms with E-state index in [9.17, 15) is 5.11 Å². The maximum atomic E-state index is 10.4. The van der Waals surface area contributed by atoms with E-state index in [1.807, 2.05) is 85.1 Å². The van der Waals surface area contributed by atoms with Gasteiger partial charge >= 0.3 is 0 Å². The number of pyridine rings is 2. The molecule has 6 rings (SSSR count). The number of anilines is 3. The number of hydrogen-bond donors (Lipinski definition) is 1. The Morgan fingerprint density at radius 2 is 1.33 bits per heavy atom. The molecule has 39 heavy (non-hydrogen) atoms. The molecule has 0 aliphatic rings. The van der Waals surface area contributed by atoms with Gasteiger partial charge in [-0.1, -0.05) is 84.9 Å². The van der Waals surface area contributed by atoms with Crippen LogP contribution in [-0.2, 0) is 6.42 Å². The Morgan fingerprint density at radius 1 is 0.615 bits per heavy atom. The molecule has 0 radical (unpaired) electrons. The van der Waals surface area contributed by atoms with Crippen molar-refractivity contribution in [3.8, 4) is 28.3 Å². The highest BCUT2D eigenvalue weighted by Crippen LogP contribution is 2.39. The Balaban J connectivity index is 1.52. The van der Waals surface area contributed by atoms with Gasteiger partial charge in [0.05, 0.1) is 17.1 Å². The maximum absolute atomic E-state index is 10.4. The van der Waals surface area contributed by atoms with Crippen molar-refractivity contribution in [2.24, 2.45) is 0 Å². The first-order chi connectivity index (χ1) is 19.3. The highest BCUT2D eigenvalue weighted by atomic mass is 16.3. The van der Waals surface area contributed by atoms with Crippen molar-refractivity contribution in [3.63, 3.8) is 0 Å². The lowest BCUT2D eigenvalue weighted by atomic mass is 9.98. The summed E-state index contributed by atoms with van der Waals surface area (Å²) < 4.78 is 0. The summed E-state index contributed by atoms with van der Waals surface area (Å²) in [7, 11) is 0. The summed E-state index contributed by atoms with van der Waals surface area (Å²) in [5, 5.41) is 10.4. The van der Waals surface area contributed by atoms with Gasteiger partial charge < -0.3 is 5.11 Å². The van der Waals surface area contributed by atoms with E-state index in [1.54, 1.807) is 6.07 Å². The topological polar surface area (TPSA) is 49.2 Å². The van der Waals surface area contributed by atoms with E-state index in [2.05, 4.69) is 59.5 Å². The van der Waals surface area contributed by atoms with Gasteiger partial charge in [0.1, 0.15) is 11.6 Å². The zero-order valence-corrected chi connectivity index (χ0v) is 21.4. The Bertz CT molecular complexity index is 1650. The first-order valence-electron chi connectivity index (χ1n) is 12.9. The van der Waals surface area contributed by atoms with Gasteiger partial charge in [0, 0.05) is 23.0 Å². The molecule has 4 heteroatoms. The number of phenolic OH excluding ortho intramolecular Hbond substituents is 1. The second kappa shape index (κ2) is 11.0. The van der Waals surface area contributed by atoms with Crippen molar-refractivity contribution in [2.75, 3.05) is 4.90 Å². The minimum Gasteiger partial charge on any atom is -0.507 e. The van der Waals surface area contributed by atoms with Gasteiger partial charge in [-0.25, -0.2) is 9.97 Å². The third-order valence-corrected chi connectivity index (χ3v) is 6.68. The lowest BCUT2D eigenvalue weighted by Crippen LogP contribution is -2.14. The van der Waals surface area contributed by atoms with Crippen LogP contribution in [-0.4, -0.2) is 15.1 Å². The van der Waals surface area contributed by atoms with Crippen LogP contribution in [0.25, 0.3) is 22.5 Å². The third kappa shape index (κ3) is 5.27. The third-order valence-electron chi connectivity index (χ3n) is 6.68. The van der Waals surface area contributed by atoms with E-state index >= 15 is 0 Å². The summed E-state index contributed by atoms with van der Waals surface area (Å²) in [6, 6.07) is 46.5. The van der Waals surface area contributed by atoms with Crippen molar-refractivity contribution >= 4 is 17.2 Å². The van der Waals surface area contributed by atoms with Gasteiger partial charge in [0.15, 0.2) is 0 Å². The van der Waals surface area contributed by atoms with Gasteiger partial charge in [-0.15, -0.1) is 0 Å². The Kier molecular flexibility index (Phi) is 6.83. The molecule has 0 atom stereocenters. The zero-order chi connectivity index (χ0) is 26.4. The molecule has 0 aliphatic heterocycles. The number of phenols is 1. The van der Waals surface area contributed by atoms with Gasteiger partial charge in [0.25, 0.3) is 0 Å². The maximum Gasteiger partial charge on any atom is 0.137 e. The van der Waals surface area contributed by atoms with E-state index in [0.29, 0.717) is 5.56 Å². The molecule has 0 fully saturated rings. The zero-order valence-electron chi connectivity index (χ0n) is 21.4. The monoisotopic (exact) mass is 505 g/mol. The number of benzene rings is 4. The van der Waals surface area contributed by atoms with Crippen LogP contribution in [0.2, 0.25) is 0 Å². The highest BCUT2D eigenvalue weighted by Gasteiger charge is 2.19. The standard InChI is InChI=1S/C35H27N3O/c39-34-19-8-7-16-30(34)32-18-11-17-31(37-32)27-21-22-28(24-26-12-3-1-4-13-26)33(25-27)38(29-14-5-2-6-15-29)35-20-9-10-23-36-35/h1-23,25,39H,24H2. The number of para-hydroxylation sites is 2. The molecular weight excluding hydrogens is 478 g/mol. The van der Waals surface area contributed by atoms with Crippen LogP contribution in [0, 0.1) is 0 Å². The van der Waals surface area contributed by atoms with E-state index < -0.39 is 0 Å². The van der Waals surface area contributed by atoms with E-state index in [1.165, 1.54) is 11.1 Å². The van der Waals surface area contributed by atoms with Gasteiger partial charge in [-0.05, 0) is 72.1 Å². The average Bonchev–Trinajstić information content (AvgIpc) is 3.00. The summed E-state index contributed by atoms with van der Waals surface area (Å²) in [4.78, 5) is 11.9. The van der Waals surface area contributed by atoms with Crippen molar-refractivity contribution in [1.82, 2.24) is 9.97 Å². The summed E-state index contributed by atoms with van der Waals surface area (Å²) in [5.74, 6) is 1.05. The molecule has 0 spiro atoms. The predicted molar refractivity (Wildman–Crippen MR) is 158 cm³/mol. The van der Waals surface area contributed by atoms with Crippen LogP contribution in [0.15, 0.2) is 146 Å². The quantitative estimate of drug-likeness (QED) is 0.236. The second-order valence-electron chi connectivity index (χ2n) is 9.29. The molecule has 0 amide bonds. The lowest BCUT2D eigenvalue weighted by molar-refractivity contribution is 0.477.